The van der Waals surface area contributed by atoms with Gasteiger partial charge in [0.05, 0.1) is 21.9 Å². The number of benzene rings is 2. The lowest BCUT2D eigenvalue weighted by molar-refractivity contribution is 0.277. The van der Waals surface area contributed by atoms with E-state index in [4.69, 9.17) is 4.42 Å². The molecule has 1 saturated heterocycles. The molecule has 8 heteroatoms. The van der Waals surface area contributed by atoms with E-state index < -0.39 is 21.2 Å². The average Bonchev–Trinajstić information content (AvgIpc) is 3.08. The van der Waals surface area contributed by atoms with E-state index in [0.717, 1.165) is 5.56 Å². The second-order valence-electron chi connectivity index (χ2n) is 6.64. The van der Waals surface area contributed by atoms with Crippen LogP contribution >= 0.6 is 0 Å². The normalized spacial score (nSPS) is 17.6. The highest BCUT2D eigenvalue weighted by Crippen LogP contribution is 2.36. The van der Waals surface area contributed by atoms with Gasteiger partial charge in [0, 0.05) is 13.1 Å². The first-order valence-electron chi connectivity index (χ1n) is 8.54. The lowest BCUT2D eigenvalue weighted by Crippen LogP contribution is -2.44. The number of hydrogen-bond donors (Lipinski definition) is 1. The zero-order valence-corrected chi connectivity index (χ0v) is 15.2. The van der Waals surface area contributed by atoms with E-state index in [1.165, 1.54) is 22.5 Å². The molecule has 4 rings (SSSR count). The third kappa shape index (κ3) is 2.95. The smallest absolute Gasteiger partial charge is 0.408 e. The van der Waals surface area contributed by atoms with Crippen LogP contribution in [0.1, 0.15) is 18.4 Å². The molecule has 0 radical (unpaired) electrons. The summed E-state index contributed by atoms with van der Waals surface area (Å²) >= 11 is 0. The van der Waals surface area contributed by atoms with Gasteiger partial charge in [-0.05, 0) is 36.6 Å². The van der Waals surface area contributed by atoms with Crippen molar-refractivity contribution in [1.29, 1.82) is 5.26 Å². The van der Waals surface area contributed by atoms with E-state index in [1.807, 2.05) is 30.3 Å². The number of piperidine rings is 1. The Labute approximate surface area is 155 Å². The molecule has 1 fully saturated rings. The van der Waals surface area contributed by atoms with Gasteiger partial charge in [-0.2, -0.15) is 9.57 Å². The Bertz CT molecular complexity index is 1180. The lowest BCUT2D eigenvalue weighted by Gasteiger charge is -2.36. The highest BCUT2D eigenvalue weighted by Gasteiger charge is 2.40. The quantitative estimate of drug-likeness (QED) is 0.747. The molecule has 1 aromatic heterocycles. The highest BCUT2D eigenvalue weighted by molar-refractivity contribution is 7.89. The molecule has 1 N–H and O–H groups in total. The molecule has 0 atom stereocenters. The van der Waals surface area contributed by atoms with E-state index in [0.29, 0.717) is 23.9 Å². The molecule has 0 unspecified atom stereocenters. The zero-order chi connectivity index (χ0) is 19.1. The van der Waals surface area contributed by atoms with Gasteiger partial charge in [-0.25, -0.2) is 13.2 Å². The maximum atomic E-state index is 13.0. The maximum absolute atomic E-state index is 13.0. The molecular weight excluding hydrogens is 366 g/mol. The number of nitrogens with zero attached hydrogens (tertiary/aromatic N) is 2. The van der Waals surface area contributed by atoms with Gasteiger partial charge >= 0.3 is 5.76 Å². The van der Waals surface area contributed by atoms with Crippen molar-refractivity contribution < 1.29 is 12.8 Å². The van der Waals surface area contributed by atoms with Crippen LogP contribution in [0.4, 0.5) is 0 Å². The Hall–Kier alpha value is -2.89. The summed E-state index contributed by atoms with van der Waals surface area (Å²) < 4.78 is 32.3. The molecule has 1 aliphatic rings. The standard InChI is InChI=1S/C19H17N3O4S/c20-13-19(14-4-2-1-3-5-14)8-10-22(11-9-19)27(24,25)15-6-7-17-16(12-15)21-18(23)26-17/h1-7,12H,8-11H2,(H,21,23). The molecule has 7 nitrogen and oxygen atoms in total. The molecule has 1 aliphatic heterocycles. The van der Waals surface area contributed by atoms with Gasteiger partial charge in [0.2, 0.25) is 10.0 Å². The summed E-state index contributed by atoms with van der Waals surface area (Å²) in [5.41, 5.74) is 0.897. The number of sulfonamides is 1. The first-order chi connectivity index (χ1) is 12.9. The Kier molecular flexibility index (Phi) is 4.13. The van der Waals surface area contributed by atoms with Gasteiger partial charge in [0.25, 0.3) is 0 Å². The fraction of sp³-hybridized carbons (Fsp3) is 0.263. The summed E-state index contributed by atoms with van der Waals surface area (Å²) in [6.07, 6.45) is 0.856. The van der Waals surface area contributed by atoms with Crippen LogP contribution in [0.2, 0.25) is 0 Å². The number of aromatic nitrogens is 1. The fourth-order valence-corrected chi connectivity index (χ4v) is 5.04. The fourth-order valence-electron chi connectivity index (χ4n) is 3.57. The maximum Gasteiger partial charge on any atom is 0.417 e. The summed E-state index contributed by atoms with van der Waals surface area (Å²) in [4.78, 5) is 13.8. The van der Waals surface area contributed by atoms with Crippen LogP contribution in [0.25, 0.3) is 11.1 Å². The second kappa shape index (κ2) is 6.37. The number of nitrogens with one attached hydrogen (secondary N) is 1. The number of oxazole rings is 1. The van der Waals surface area contributed by atoms with Gasteiger partial charge in [0.15, 0.2) is 5.58 Å². The highest BCUT2D eigenvalue weighted by atomic mass is 32.2. The summed E-state index contributed by atoms with van der Waals surface area (Å²) in [5.74, 6) is -0.626. The van der Waals surface area contributed by atoms with Crippen LogP contribution in [-0.4, -0.2) is 30.8 Å². The molecule has 0 saturated carbocycles. The molecule has 0 spiro atoms. The van der Waals surface area contributed by atoms with Crippen molar-refractivity contribution in [1.82, 2.24) is 9.29 Å². The van der Waals surface area contributed by atoms with Gasteiger partial charge in [-0.15, -0.1) is 0 Å². The first kappa shape index (κ1) is 17.5. The van der Waals surface area contributed by atoms with Crippen LogP contribution in [0, 0.1) is 11.3 Å². The molecule has 0 amide bonds. The minimum absolute atomic E-state index is 0.0937. The van der Waals surface area contributed by atoms with Gasteiger partial charge in [0.1, 0.15) is 0 Å². The van der Waals surface area contributed by atoms with Crippen molar-refractivity contribution in [3.05, 3.63) is 64.6 Å². The van der Waals surface area contributed by atoms with Gasteiger partial charge < -0.3 is 4.42 Å². The molecule has 3 aromatic rings. The molecule has 27 heavy (non-hydrogen) atoms. The Balaban J connectivity index is 1.61. The van der Waals surface area contributed by atoms with E-state index >= 15 is 0 Å². The van der Waals surface area contributed by atoms with Crippen molar-refractivity contribution in [3.63, 3.8) is 0 Å². The zero-order valence-electron chi connectivity index (χ0n) is 14.4. The van der Waals surface area contributed by atoms with Crippen LogP contribution < -0.4 is 5.76 Å². The molecule has 138 valence electrons. The van der Waals surface area contributed by atoms with Crippen LogP contribution in [0.15, 0.2) is 62.6 Å². The predicted octanol–water partition coefficient (Wildman–Crippen LogP) is 2.37. The SMILES string of the molecule is N#CC1(c2ccccc2)CCN(S(=O)(=O)c2ccc3oc(=O)[nH]c3c2)CC1. The largest absolute Gasteiger partial charge is 0.417 e. The number of aromatic amines is 1. The van der Waals surface area contributed by atoms with Crippen molar-refractivity contribution >= 4 is 21.1 Å². The molecule has 2 aromatic carbocycles. The molecular formula is C19H17N3O4S. The number of H-pyrrole nitrogens is 1. The summed E-state index contributed by atoms with van der Waals surface area (Å²) in [7, 11) is -3.72. The molecule has 0 bridgehead atoms. The van der Waals surface area contributed by atoms with E-state index in [-0.39, 0.29) is 18.0 Å². The van der Waals surface area contributed by atoms with Gasteiger partial charge in [-0.3, -0.25) is 4.98 Å². The Morgan fingerprint density at radius 1 is 1.11 bits per heavy atom. The number of nitriles is 1. The summed E-state index contributed by atoms with van der Waals surface area (Å²) in [6.45, 7) is 0.509. The number of rotatable bonds is 3. The Morgan fingerprint density at radius 3 is 2.48 bits per heavy atom. The number of hydrogen-bond acceptors (Lipinski definition) is 5. The van der Waals surface area contributed by atoms with Crippen LogP contribution in [0.5, 0.6) is 0 Å². The third-order valence-electron chi connectivity index (χ3n) is 5.14. The van der Waals surface area contributed by atoms with Crippen molar-refractivity contribution in [3.8, 4) is 6.07 Å². The minimum atomic E-state index is -3.72. The van der Waals surface area contributed by atoms with Gasteiger partial charge in [-0.1, -0.05) is 30.3 Å². The predicted molar refractivity (Wildman–Crippen MR) is 98.6 cm³/mol. The lowest BCUT2D eigenvalue weighted by atomic mass is 9.74. The van der Waals surface area contributed by atoms with E-state index in [2.05, 4.69) is 11.1 Å². The second-order valence-corrected chi connectivity index (χ2v) is 8.57. The number of fused-ring (bicyclic) bond motifs is 1. The monoisotopic (exact) mass is 383 g/mol. The van der Waals surface area contributed by atoms with Crippen LogP contribution in [-0.2, 0) is 15.4 Å². The molecule has 2 heterocycles. The molecule has 0 aliphatic carbocycles. The van der Waals surface area contributed by atoms with E-state index in [9.17, 15) is 18.5 Å². The van der Waals surface area contributed by atoms with Crippen molar-refractivity contribution in [2.75, 3.05) is 13.1 Å². The van der Waals surface area contributed by atoms with Crippen molar-refractivity contribution in [2.45, 2.75) is 23.2 Å². The minimum Gasteiger partial charge on any atom is -0.408 e. The Morgan fingerprint density at radius 2 is 1.81 bits per heavy atom. The van der Waals surface area contributed by atoms with Crippen molar-refractivity contribution in [2.24, 2.45) is 0 Å². The first-order valence-corrected chi connectivity index (χ1v) is 9.98. The van der Waals surface area contributed by atoms with Crippen LogP contribution in [0.3, 0.4) is 0 Å². The topological polar surface area (TPSA) is 107 Å². The summed E-state index contributed by atoms with van der Waals surface area (Å²) in [5, 5.41) is 9.76. The average molecular weight is 383 g/mol. The third-order valence-corrected chi connectivity index (χ3v) is 7.04. The van der Waals surface area contributed by atoms with E-state index in [1.54, 1.807) is 0 Å². The summed E-state index contributed by atoms with van der Waals surface area (Å²) in [6, 6.07) is 16.2.